The molecule has 0 spiro atoms. The third-order valence-electron chi connectivity index (χ3n) is 1.50. The number of rotatable bonds is 2. The molecular weight excluding hydrogens is 140 g/mol. The Hall–Kier alpha value is -1.18. The molecule has 1 aromatic carbocycles. The van der Waals surface area contributed by atoms with E-state index < -0.39 is 0 Å². The van der Waals surface area contributed by atoms with Crippen molar-refractivity contribution in [3.63, 3.8) is 0 Å². The quantitative estimate of drug-likeness (QED) is 0.641. The Bertz CT molecular complexity index is 243. The van der Waals surface area contributed by atoms with Crippen molar-refractivity contribution in [3.8, 4) is 11.5 Å². The lowest BCUT2D eigenvalue weighted by Gasteiger charge is -2.04. The van der Waals surface area contributed by atoms with Crippen LogP contribution in [0.5, 0.6) is 11.5 Å². The van der Waals surface area contributed by atoms with Crippen LogP contribution in [0.4, 0.5) is 0 Å². The van der Waals surface area contributed by atoms with Gasteiger partial charge in [0.2, 0.25) is 0 Å². The van der Waals surface area contributed by atoms with Crippen LogP contribution in [0.1, 0.15) is 5.56 Å². The zero-order valence-corrected chi connectivity index (χ0v) is 6.97. The highest BCUT2D eigenvalue weighted by molar-refractivity contribution is 5.37. The second-order valence-electron chi connectivity index (χ2n) is 2.26. The molecule has 0 fully saturated rings. The molecule has 0 aromatic heterocycles. The summed E-state index contributed by atoms with van der Waals surface area (Å²) in [4.78, 5) is 0. The van der Waals surface area contributed by atoms with Crippen LogP contribution in [0, 0.1) is 13.0 Å². The van der Waals surface area contributed by atoms with E-state index in [2.05, 4.69) is 6.07 Å². The van der Waals surface area contributed by atoms with Gasteiger partial charge in [-0.25, -0.2) is 0 Å². The molecule has 0 saturated carbocycles. The van der Waals surface area contributed by atoms with Crippen molar-refractivity contribution in [2.24, 2.45) is 0 Å². The maximum Gasteiger partial charge on any atom is 0.129 e. The Balaban J connectivity index is 2.99. The zero-order valence-electron chi connectivity index (χ0n) is 6.97. The first-order valence-corrected chi connectivity index (χ1v) is 3.38. The van der Waals surface area contributed by atoms with Crippen LogP contribution in [0.2, 0.25) is 0 Å². The Labute approximate surface area is 66.8 Å². The lowest BCUT2D eigenvalue weighted by molar-refractivity contribution is 0.399. The Kier molecular flexibility index (Phi) is 2.36. The first-order chi connectivity index (χ1) is 5.27. The van der Waals surface area contributed by atoms with E-state index in [-0.39, 0.29) is 0 Å². The van der Waals surface area contributed by atoms with Crippen LogP contribution in [0.3, 0.4) is 0 Å². The molecule has 1 aromatic rings. The Morgan fingerprint density at radius 1 is 1.27 bits per heavy atom. The second-order valence-corrected chi connectivity index (χ2v) is 2.26. The second kappa shape index (κ2) is 3.28. The molecule has 2 nitrogen and oxygen atoms in total. The molecule has 0 unspecified atom stereocenters. The molecule has 1 rings (SSSR count). The van der Waals surface area contributed by atoms with Crippen molar-refractivity contribution in [3.05, 3.63) is 23.8 Å². The van der Waals surface area contributed by atoms with Gasteiger partial charge < -0.3 is 9.47 Å². The van der Waals surface area contributed by atoms with E-state index in [1.54, 1.807) is 20.3 Å². The topological polar surface area (TPSA) is 18.5 Å². The maximum atomic E-state index is 5.03. The molecule has 0 aliphatic heterocycles. The molecule has 0 amide bonds. The van der Waals surface area contributed by atoms with Crippen molar-refractivity contribution in [1.29, 1.82) is 0 Å². The van der Waals surface area contributed by atoms with E-state index in [4.69, 9.17) is 9.47 Å². The van der Waals surface area contributed by atoms with Crippen LogP contribution in [0.25, 0.3) is 0 Å². The summed E-state index contributed by atoms with van der Waals surface area (Å²) in [6, 6.07) is 6.63. The third-order valence-corrected chi connectivity index (χ3v) is 1.50. The van der Waals surface area contributed by atoms with Crippen molar-refractivity contribution in [1.82, 2.24) is 0 Å². The molecule has 0 heterocycles. The number of ether oxygens (including phenoxy) is 2. The molecule has 59 valence electrons. The largest absolute Gasteiger partial charge is 0.497 e. The SMILES string of the molecule is COc1c[c]c(OC)c(C)c1. The van der Waals surface area contributed by atoms with Gasteiger partial charge in [0, 0.05) is 6.07 Å². The van der Waals surface area contributed by atoms with Crippen LogP contribution < -0.4 is 9.47 Å². The summed E-state index contributed by atoms with van der Waals surface area (Å²) < 4.78 is 10.0. The van der Waals surface area contributed by atoms with E-state index in [0.29, 0.717) is 0 Å². The first-order valence-electron chi connectivity index (χ1n) is 3.38. The average Bonchev–Trinajstić information content (AvgIpc) is 2.04. The van der Waals surface area contributed by atoms with Crippen LogP contribution in [-0.4, -0.2) is 14.2 Å². The molecule has 0 saturated heterocycles. The predicted molar refractivity (Wildman–Crippen MR) is 43.1 cm³/mol. The Morgan fingerprint density at radius 3 is 2.45 bits per heavy atom. The van der Waals surface area contributed by atoms with Crippen LogP contribution >= 0.6 is 0 Å². The highest BCUT2D eigenvalue weighted by atomic mass is 16.5. The molecule has 0 atom stereocenters. The van der Waals surface area contributed by atoms with E-state index >= 15 is 0 Å². The monoisotopic (exact) mass is 151 g/mol. The molecule has 0 aliphatic carbocycles. The number of hydrogen-bond acceptors (Lipinski definition) is 2. The zero-order chi connectivity index (χ0) is 8.27. The highest BCUT2D eigenvalue weighted by Crippen LogP contribution is 2.21. The van der Waals surface area contributed by atoms with Gasteiger partial charge in [-0.15, -0.1) is 0 Å². The smallest absolute Gasteiger partial charge is 0.129 e. The summed E-state index contributed by atoms with van der Waals surface area (Å²) in [5, 5.41) is 0. The fourth-order valence-corrected chi connectivity index (χ4v) is 0.909. The molecular formula is C9H11O2. The van der Waals surface area contributed by atoms with Gasteiger partial charge in [0.1, 0.15) is 11.5 Å². The van der Waals surface area contributed by atoms with E-state index in [9.17, 15) is 0 Å². The van der Waals surface area contributed by atoms with Gasteiger partial charge in [-0.3, -0.25) is 0 Å². The van der Waals surface area contributed by atoms with Crippen molar-refractivity contribution in [2.75, 3.05) is 14.2 Å². The number of benzene rings is 1. The van der Waals surface area contributed by atoms with E-state index in [1.807, 2.05) is 13.0 Å². The summed E-state index contributed by atoms with van der Waals surface area (Å²) in [6.45, 7) is 1.96. The van der Waals surface area contributed by atoms with Gasteiger partial charge >= 0.3 is 0 Å². The van der Waals surface area contributed by atoms with Gasteiger partial charge in [-0.1, -0.05) is 0 Å². The van der Waals surface area contributed by atoms with Crippen LogP contribution in [-0.2, 0) is 0 Å². The predicted octanol–water partition coefficient (Wildman–Crippen LogP) is 1.81. The minimum atomic E-state index is 0.769. The van der Waals surface area contributed by atoms with Crippen LogP contribution in [0.15, 0.2) is 12.1 Å². The van der Waals surface area contributed by atoms with Crippen molar-refractivity contribution in [2.45, 2.75) is 6.92 Å². The first kappa shape index (κ1) is 7.92. The number of aryl methyl sites for hydroxylation is 1. The molecule has 0 bridgehead atoms. The van der Waals surface area contributed by atoms with Gasteiger partial charge in [0.25, 0.3) is 0 Å². The summed E-state index contributed by atoms with van der Waals surface area (Å²) in [5.74, 6) is 1.58. The number of methoxy groups -OCH3 is 2. The van der Waals surface area contributed by atoms with E-state index in [1.165, 1.54) is 0 Å². The Morgan fingerprint density at radius 2 is 2.00 bits per heavy atom. The highest BCUT2D eigenvalue weighted by Gasteiger charge is 1.98. The average molecular weight is 151 g/mol. The fourth-order valence-electron chi connectivity index (χ4n) is 0.909. The minimum Gasteiger partial charge on any atom is -0.497 e. The molecule has 11 heavy (non-hydrogen) atoms. The van der Waals surface area contributed by atoms with Gasteiger partial charge in [-0.05, 0) is 24.6 Å². The van der Waals surface area contributed by atoms with Gasteiger partial charge in [0.05, 0.1) is 14.2 Å². The standard InChI is InChI=1S/C9H11O2/c1-7-6-8(10-2)4-5-9(7)11-3/h4,6H,1-3H3. The normalized spacial score (nSPS) is 9.36. The summed E-state index contributed by atoms with van der Waals surface area (Å²) in [5.41, 5.74) is 1.03. The van der Waals surface area contributed by atoms with E-state index in [0.717, 1.165) is 17.1 Å². The fraction of sp³-hybridized carbons (Fsp3) is 0.333. The number of hydrogen-bond donors (Lipinski definition) is 0. The summed E-state index contributed by atoms with van der Waals surface area (Å²) in [6.07, 6.45) is 0. The molecule has 1 radical (unpaired) electrons. The molecule has 0 aliphatic rings. The summed E-state index contributed by atoms with van der Waals surface area (Å²) in [7, 11) is 3.26. The third kappa shape index (κ3) is 1.64. The maximum absolute atomic E-state index is 5.03. The minimum absolute atomic E-state index is 0.769. The van der Waals surface area contributed by atoms with Crippen molar-refractivity contribution >= 4 is 0 Å². The van der Waals surface area contributed by atoms with Gasteiger partial charge in [-0.2, -0.15) is 0 Å². The summed E-state index contributed by atoms with van der Waals surface area (Å²) >= 11 is 0. The lowest BCUT2D eigenvalue weighted by atomic mass is 10.2. The molecule has 0 N–H and O–H groups in total. The lowest BCUT2D eigenvalue weighted by Crippen LogP contribution is -1.88. The molecule has 2 heteroatoms. The van der Waals surface area contributed by atoms with Crippen molar-refractivity contribution < 1.29 is 9.47 Å². The van der Waals surface area contributed by atoms with Gasteiger partial charge in [0.15, 0.2) is 0 Å².